The summed E-state index contributed by atoms with van der Waals surface area (Å²) in [7, 11) is -1.92. The van der Waals surface area contributed by atoms with Crippen molar-refractivity contribution in [1.82, 2.24) is 24.8 Å². The first kappa shape index (κ1) is 29.3. The van der Waals surface area contributed by atoms with Crippen LogP contribution >= 0.6 is 0 Å². The van der Waals surface area contributed by atoms with Crippen LogP contribution in [0.3, 0.4) is 0 Å². The molecule has 12 heteroatoms. The monoisotopic (exact) mass is 560 g/mol. The van der Waals surface area contributed by atoms with Crippen LogP contribution in [0.15, 0.2) is 36.7 Å². The summed E-state index contributed by atoms with van der Waals surface area (Å²) in [6.45, 7) is 7.90. The molecule has 39 heavy (non-hydrogen) atoms. The van der Waals surface area contributed by atoms with Crippen LogP contribution in [-0.2, 0) is 19.6 Å². The topological polar surface area (TPSA) is 144 Å². The third-order valence-corrected chi connectivity index (χ3v) is 9.29. The fourth-order valence-corrected chi connectivity index (χ4v) is 6.94. The highest BCUT2D eigenvalue weighted by Gasteiger charge is 2.56. The molecule has 1 aromatic carbocycles. The van der Waals surface area contributed by atoms with Gasteiger partial charge in [0.1, 0.15) is 6.23 Å². The van der Waals surface area contributed by atoms with Crippen molar-refractivity contribution < 1.29 is 23.1 Å². The van der Waals surface area contributed by atoms with E-state index in [9.17, 15) is 23.1 Å². The molecule has 4 N–H and O–H groups in total. The third-order valence-electron chi connectivity index (χ3n) is 8.02. The second-order valence-electron chi connectivity index (χ2n) is 11.7. The SMILES string of the molecule is CNC(C)C(=O)NC(C(O)N1CCC2C1C(C(=O)Nc1cccc3ccncc13)CN2S(C)(=O)=O)C(C)(C)C. The number of nitrogens with one attached hydrogen (secondary N) is 3. The van der Waals surface area contributed by atoms with Crippen LogP contribution in [0.4, 0.5) is 5.69 Å². The molecule has 2 fully saturated rings. The number of aliphatic hydroxyl groups is 1. The molecule has 2 aliphatic rings. The number of sulfonamides is 1. The predicted octanol–water partition coefficient (Wildman–Crippen LogP) is 0.965. The molecular formula is C27H40N6O5S. The van der Waals surface area contributed by atoms with Crippen LogP contribution in [0.2, 0.25) is 0 Å². The Morgan fingerprint density at radius 3 is 2.56 bits per heavy atom. The van der Waals surface area contributed by atoms with Crippen LogP contribution in [0.25, 0.3) is 10.8 Å². The lowest BCUT2D eigenvalue weighted by Crippen LogP contribution is -2.61. The molecule has 2 amide bonds. The zero-order chi connectivity index (χ0) is 28.7. The molecule has 1 aromatic heterocycles. The Kier molecular flexibility index (Phi) is 8.34. The number of likely N-dealkylation sites (N-methyl/N-ethyl adjacent to an activating group) is 1. The zero-order valence-corrected chi connectivity index (χ0v) is 24.2. The molecule has 6 atom stereocenters. The van der Waals surface area contributed by atoms with Gasteiger partial charge in [0, 0.05) is 43.0 Å². The van der Waals surface area contributed by atoms with Gasteiger partial charge in [-0.05, 0) is 43.3 Å². The van der Waals surface area contributed by atoms with Gasteiger partial charge >= 0.3 is 0 Å². The maximum atomic E-state index is 13.8. The summed E-state index contributed by atoms with van der Waals surface area (Å²) in [4.78, 5) is 32.5. The largest absolute Gasteiger partial charge is 0.376 e. The van der Waals surface area contributed by atoms with E-state index < -0.39 is 51.8 Å². The highest BCUT2D eigenvalue weighted by atomic mass is 32.2. The van der Waals surface area contributed by atoms with Gasteiger partial charge in [0.25, 0.3) is 0 Å². The standard InChI is InChI=1S/C27H40N6O5S/c1-16(28-5)24(34)31-23(27(2,3)4)26(36)32-13-11-21-22(32)19(15-33(21)39(6,37)38)25(35)30-20-9-7-8-17-10-12-29-14-18(17)20/h7-10,12,14,16,19,21-23,26,28,36H,11,13,15H2,1-6H3,(H,30,35)(H,31,34). The summed E-state index contributed by atoms with van der Waals surface area (Å²) in [6.07, 6.45) is 3.84. The molecule has 3 heterocycles. The average Bonchev–Trinajstić information content (AvgIpc) is 3.46. The van der Waals surface area contributed by atoms with Gasteiger partial charge < -0.3 is 21.1 Å². The number of carbonyl (C=O) groups excluding carboxylic acids is 2. The molecule has 2 aromatic rings. The van der Waals surface area contributed by atoms with Crippen LogP contribution in [0, 0.1) is 11.3 Å². The number of aromatic nitrogens is 1. The number of aliphatic hydroxyl groups excluding tert-OH is 1. The number of benzene rings is 1. The fourth-order valence-electron chi connectivity index (χ4n) is 5.79. The number of nitrogens with zero attached hydrogens (tertiary/aromatic N) is 3. The molecule has 2 aliphatic heterocycles. The van der Waals surface area contributed by atoms with Crippen molar-refractivity contribution in [2.24, 2.45) is 11.3 Å². The van der Waals surface area contributed by atoms with Gasteiger partial charge in [-0.25, -0.2) is 8.42 Å². The van der Waals surface area contributed by atoms with Gasteiger partial charge in [0.15, 0.2) is 0 Å². The van der Waals surface area contributed by atoms with Crippen molar-refractivity contribution in [1.29, 1.82) is 0 Å². The van der Waals surface area contributed by atoms with E-state index >= 15 is 0 Å². The lowest BCUT2D eigenvalue weighted by molar-refractivity contribution is -0.131. The number of amides is 2. The summed E-state index contributed by atoms with van der Waals surface area (Å²) < 4.78 is 26.9. The first-order chi connectivity index (χ1) is 18.2. The summed E-state index contributed by atoms with van der Waals surface area (Å²) in [5, 5.41) is 22.3. The Balaban J connectivity index is 1.66. The van der Waals surface area contributed by atoms with Crippen molar-refractivity contribution in [3.05, 3.63) is 36.7 Å². The number of fused-ring (bicyclic) bond motifs is 2. The maximum absolute atomic E-state index is 13.8. The molecule has 0 aliphatic carbocycles. The number of pyridine rings is 1. The quantitative estimate of drug-likeness (QED) is 0.374. The molecule has 0 saturated carbocycles. The van der Waals surface area contributed by atoms with E-state index in [1.165, 1.54) is 4.31 Å². The van der Waals surface area contributed by atoms with Crippen LogP contribution in [-0.4, -0.2) is 96.3 Å². The molecule has 2 saturated heterocycles. The molecule has 0 bridgehead atoms. The molecular weight excluding hydrogens is 520 g/mol. The number of rotatable bonds is 8. The highest BCUT2D eigenvalue weighted by Crippen LogP contribution is 2.40. The number of anilines is 1. The number of carbonyl (C=O) groups is 2. The lowest BCUT2D eigenvalue weighted by atomic mass is 9.84. The molecule has 11 nitrogen and oxygen atoms in total. The predicted molar refractivity (Wildman–Crippen MR) is 150 cm³/mol. The van der Waals surface area contributed by atoms with E-state index in [1.54, 1.807) is 37.3 Å². The molecule has 6 unspecified atom stereocenters. The summed E-state index contributed by atoms with van der Waals surface area (Å²) in [5.74, 6) is -1.32. The van der Waals surface area contributed by atoms with E-state index in [4.69, 9.17) is 0 Å². The van der Waals surface area contributed by atoms with Crippen molar-refractivity contribution in [2.75, 3.05) is 31.7 Å². The van der Waals surface area contributed by atoms with Crippen molar-refractivity contribution in [2.45, 2.75) is 64.5 Å². The lowest BCUT2D eigenvalue weighted by Gasteiger charge is -2.42. The van der Waals surface area contributed by atoms with E-state index in [0.29, 0.717) is 18.7 Å². The average molecular weight is 561 g/mol. The van der Waals surface area contributed by atoms with Gasteiger partial charge in [0.05, 0.1) is 29.9 Å². The minimum atomic E-state index is -3.61. The Morgan fingerprint density at radius 2 is 1.92 bits per heavy atom. The van der Waals surface area contributed by atoms with Gasteiger partial charge in [-0.2, -0.15) is 4.31 Å². The van der Waals surface area contributed by atoms with Gasteiger partial charge in [-0.1, -0.05) is 32.9 Å². The van der Waals surface area contributed by atoms with Gasteiger partial charge in [0.2, 0.25) is 21.8 Å². The number of likely N-dealkylation sites (tertiary alicyclic amines) is 1. The van der Waals surface area contributed by atoms with Crippen LogP contribution in [0.1, 0.15) is 34.1 Å². The van der Waals surface area contributed by atoms with Crippen molar-refractivity contribution >= 4 is 38.3 Å². The van der Waals surface area contributed by atoms with E-state index in [0.717, 1.165) is 17.0 Å². The maximum Gasteiger partial charge on any atom is 0.237 e. The zero-order valence-electron chi connectivity index (χ0n) is 23.4. The Labute approximate surface area is 230 Å². The fraction of sp³-hybridized carbons (Fsp3) is 0.593. The summed E-state index contributed by atoms with van der Waals surface area (Å²) in [5.41, 5.74) is 0.0645. The van der Waals surface area contributed by atoms with Crippen molar-refractivity contribution in [3.63, 3.8) is 0 Å². The molecule has 0 spiro atoms. The second kappa shape index (κ2) is 11.1. The Morgan fingerprint density at radius 1 is 1.21 bits per heavy atom. The minimum absolute atomic E-state index is 0.00949. The van der Waals surface area contributed by atoms with E-state index in [2.05, 4.69) is 20.9 Å². The minimum Gasteiger partial charge on any atom is -0.376 e. The molecule has 4 rings (SSSR count). The van der Waals surface area contributed by atoms with Crippen molar-refractivity contribution in [3.8, 4) is 0 Å². The number of hydrogen-bond acceptors (Lipinski definition) is 8. The van der Waals surface area contributed by atoms with E-state index in [-0.39, 0.29) is 18.4 Å². The normalized spacial score (nSPS) is 24.7. The summed E-state index contributed by atoms with van der Waals surface area (Å²) >= 11 is 0. The first-order valence-corrected chi connectivity index (χ1v) is 15.1. The second-order valence-corrected chi connectivity index (χ2v) is 13.6. The molecule has 0 radical (unpaired) electrons. The first-order valence-electron chi connectivity index (χ1n) is 13.3. The highest BCUT2D eigenvalue weighted by molar-refractivity contribution is 7.88. The Hall–Kier alpha value is -2.64. The summed E-state index contributed by atoms with van der Waals surface area (Å²) in [6, 6.07) is 5.25. The Bertz CT molecular complexity index is 1320. The third kappa shape index (κ3) is 5.94. The smallest absolute Gasteiger partial charge is 0.237 e. The van der Waals surface area contributed by atoms with E-state index in [1.807, 2.05) is 39.0 Å². The molecule has 214 valence electrons. The van der Waals surface area contributed by atoms with Gasteiger partial charge in [-0.3, -0.25) is 19.5 Å². The van der Waals surface area contributed by atoms with Gasteiger partial charge in [-0.15, -0.1) is 0 Å². The van der Waals surface area contributed by atoms with Crippen LogP contribution in [0.5, 0.6) is 0 Å². The van der Waals surface area contributed by atoms with Crippen LogP contribution < -0.4 is 16.0 Å². The number of hydrogen-bond donors (Lipinski definition) is 4.